The zero-order chi connectivity index (χ0) is 14.9. The number of aliphatic hydroxyl groups is 1. The average Bonchev–Trinajstić information content (AvgIpc) is 3.22. The van der Waals surface area contributed by atoms with E-state index in [-0.39, 0.29) is 5.41 Å². The fourth-order valence-corrected chi connectivity index (χ4v) is 3.41. The minimum atomic E-state index is -0.512. The minimum absolute atomic E-state index is 0.101. The van der Waals surface area contributed by atoms with Gasteiger partial charge in [0.15, 0.2) is 0 Å². The van der Waals surface area contributed by atoms with E-state index in [1.807, 2.05) is 6.92 Å². The van der Waals surface area contributed by atoms with Crippen molar-refractivity contribution in [2.24, 2.45) is 0 Å². The monoisotopic (exact) mass is 288 g/mol. The average molecular weight is 288 g/mol. The molecule has 0 radical (unpaired) electrons. The summed E-state index contributed by atoms with van der Waals surface area (Å²) in [5, 5.41) is 13.9. The molecule has 1 aromatic rings. The maximum Gasteiger partial charge on any atom is 0.0758 e. The zero-order valence-corrected chi connectivity index (χ0v) is 13.3. The number of nitrogens with one attached hydrogen (secondary N) is 1. The molecule has 1 saturated carbocycles. The van der Waals surface area contributed by atoms with Gasteiger partial charge in [-0.25, -0.2) is 0 Å². The summed E-state index contributed by atoms with van der Waals surface area (Å²) < 4.78 is 0. The number of likely N-dealkylation sites (tertiary alicyclic amines) is 1. The Labute approximate surface area is 128 Å². The fraction of sp³-hybridized carbons (Fsp3) is 0.667. The Kier molecular flexibility index (Phi) is 4.08. The molecule has 1 aliphatic carbocycles. The van der Waals surface area contributed by atoms with E-state index < -0.39 is 5.60 Å². The number of β-amino-alcohol motifs (C(OH)–C–C–N with tert-alkyl or cyclic N) is 1. The summed E-state index contributed by atoms with van der Waals surface area (Å²) in [4.78, 5) is 2.42. The second-order valence-electron chi connectivity index (χ2n) is 7.54. The van der Waals surface area contributed by atoms with E-state index in [4.69, 9.17) is 0 Å². The van der Waals surface area contributed by atoms with Crippen molar-refractivity contribution in [3.8, 4) is 0 Å². The summed E-state index contributed by atoms with van der Waals surface area (Å²) in [6.07, 6.45) is 3.53. The number of benzene rings is 1. The predicted octanol–water partition coefficient (Wildman–Crippen LogP) is 2.15. The summed E-state index contributed by atoms with van der Waals surface area (Å²) in [7, 11) is 0. The first-order valence-corrected chi connectivity index (χ1v) is 8.21. The van der Waals surface area contributed by atoms with E-state index >= 15 is 0 Å². The van der Waals surface area contributed by atoms with Crippen LogP contribution in [0.5, 0.6) is 0 Å². The van der Waals surface area contributed by atoms with Gasteiger partial charge in [-0.1, -0.05) is 37.3 Å². The smallest absolute Gasteiger partial charge is 0.0758 e. The molecule has 1 saturated heterocycles. The van der Waals surface area contributed by atoms with Crippen LogP contribution in [0.1, 0.15) is 38.7 Å². The number of rotatable bonds is 6. The summed E-state index contributed by atoms with van der Waals surface area (Å²) in [5.74, 6) is 0. The third-order valence-electron chi connectivity index (χ3n) is 4.93. The van der Waals surface area contributed by atoms with Gasteiger partial charge in [0.1, 0.15) is 0 Å². The van der Waals surface area contributed by atoms with Crippen LogP contribution >= 0.6 is 0 Å². The maximum absolute atomic E-state index is 10.2. The maximum atomic E-state index is 10.2. The van der Waals surface area contributed by atoms with Crippen LogP contribution in [0.25, 0.3) is 0 Å². The molecule has 2 fully saturated rings. The van der Waals surface area contributed by atoms with Gasteiger partial charge in [0.2, 0.25) is 0 Å². The van der Waals surface area contributed by atoms with Crippen molar-refractivity contribution >= 4 is 0 Å². The highest BCUT2D eigenvalue weighted by atomic mass is 16.3. The van der Waals surface area contributed by atoms with E-state index in [1.165, 1.54) is 18.4 Å². The molecular formula is C18H28N2O. The lowest BCUT2D eigenvalue weighted by Crippen LogP contribution is -2.46. The Hall–Kier alpha value is -0.900. The van der Waals surface area contributed by atoms with Crippen LogP contribution in [0.4, 0.5) is 0 Å². The van der Waals surface area contributed by atoms with Gasteiger partial charge in [0, 0.05) is 37.6 Å². The standard InChI is InChI=1S/C18H28N2O/c1-17(12-19-16-8-9-16,15-6-4-3-5-7-15)13-20-11-10-18(2,21)14-20/h3-7,16,19,21H,8-14H2,1-2H3. The van der Waals surface area contributed by atoms with Crippen molar-refractivity contribution in [2.75, 3.05) is 26.2 Å². The van der Waals surface area contributed by atoms with Crippen LogP contribution in [-0.4, -0.2) is 47.8 Å². The van der Waals surface area contributed by atoms with Gasteiger partial charge in [-0.05, 0) is 31.7 Å². The van der Waals surface area contributed by atoms with Crippen molar-refractivity contribution in [3.05, 3.63) is 35.9 Å². The molecule has 1 heterocycles. The number of hydrogen-bond donors (Lipinski definition) is 2. The molecule has 3 heteroatoms. The van der Waals surface area contributed by atoms with Gasteiger partial charge >= 0.3 is 0 Å². The molecular weight excluding hydrogens is 260 g/mol. The third-order valence-corrected chi connectivity index (χ3v) is 4.93. The molecule has 0 spiro atoms. The Bertz CT molecular complexity index is 469. The lowest BCUT2D eigenvalue weighted by atomic mass is 9.81. The molecule has 116 valence electrons. The SMILES string of the molecule is CC1(O)CCN(CC(C)(CNC2CC2)c2ccccc2)C1. The van der Waals surface area contributed by atoms with Crippen LogP contribution in [0, 0.1) is 0 Å². The van der Waals surface area contributed by atoms with Crippen molar-refractivity contribution in [1.82, 2.24) is 10.2 Å². The van der Waals surface area contributed by atoms with Crippen molar-refractivity contribution < 1.29 is 5.11 Å². The second kappa shape index (κ2) is 5.71. The van der Waals surface area contributed by atoms with E-state index in [0.717, 1.165) is 38.6 Å². The Morgan fingerprint density at radius 2 is 2.05 bits per heavy atom. The van der Waals surface area contributed by atoms with Crippen molar-refractivity contribution in [3.63, 3.8) is 0 Å². The van der Waals surface area contributed by atoms with Crippen molar-refractivity contribution in [2.45, 2.75) is 50.2 Å². The lowest BCUT2D eigenvalue weighted by molar-refractivity contribution is 0.0657. The van der Waals surface area contributed by atoms with Gasteiger partial charge in [0.05, 0.1) is 5.60 Å². The quantitative estimate of drug-likeness (QED) is 0.842. The Morgan fingerprint density at radius 3 is 2.62 bits per heavy atom. The van der Waals surface area contributed by atoms with Gasteiger partial charge in [-0.15, -0.1) is 0 Å². The zero-order valence-electron chi connectivity index (χ0n) is 13.3. The molecule has 1 aliphatic heterocycles. The van der Waals surface area contributed by atoms with Gasteiger partial charge < -0.3 is 10.4 Å². The predicted molar refractivity (Wildman–Crippen MR) is 86.5 cm³/mol. The molecule has 1 aromatic carbocycles. The van der Waals surface area contributed by atoms with E-state index in [0.29, 0.717) is 0 Å². The fourth-order valence-electron chi connectivity index (χ4n) is 3.41. The minimum Gasteiger partial charge on any atom is -0.389 e. The summed E-state index contributed by atoms with van der Waals surface area (Å²) >= 11 is 0. The van der Waals surface area contributed by atoms with E-state index in [9.17, 15) is 5.11 Å². The first-order valence-electron chi connectivity index (χ1n) is 8.21. The Balaban J connectivity index is 1.72. The topological polar surface area (TPSA) is 35.5 Å². The highest BCUT2D eigenvalue weighted by molar-refractivity contribution is 5.26. The molecule has 2 atom stereocenters. The summed E-state index contributed by atoms with van der Waals surface area (Å²) in [5.41, 5.74) is 0.982. The summed E-state index contributed by atoms with van der Waals surface area (Å²) in [6.45, 7) is 8.12. The number of nitrogens with zero attached hydrogens (tertiary/aromatic N) is 1. The molecule has 3 nitrogen and oxygen atoms in total. The first kappa shape index (κ1) is 15.0. The highest BCUT2D eigenvalue weighted by Crippen LogP contribution is 2.30. The molecule has 2 unspecified atom stereocenters. The largest absolute Gasteiger partial charge is 0.389 e. The van der Waals surface area contributed by atoms with Crippen LogP contribution < -0.4 is 5.32 Å². The van der Waals surface area contributed by atoms with Crippen LogP contribution in [0.15, 0.2) is 30.3 Å². The van der Waals surface area contributed by atoms with Gasteiger partial charge in [0.25, 0.3) is 0 Å². The summed E-state index contributed by atoms with van der Waals surface area (Å²) in [6, 6.07) is 11.6. The van der Waals surface area contributed by atoms with Gasteiger partial charge in [-0.3, -0.25) is 4.90 Å². The molecule has 2 aliphatic rings. The number of hydrogen-bond acceptors (Lipinski definition) is 3. The van der Waals surface area contributed by atoms with Crippen LogP contribution in [-0.2, 0) is 5.41 Å². The highest BCUT2D eigenvalue weighted by Gasteiger charge is 2.37. The third kappa shape index (κ3) is 3.85. The Morgan fingerprint density at radius 1 is 1.33 bits per heavy atom. The second-order valence-corrected chi connectivity index (χ2v) is 7.54. The normalized spacial score (nSPS) is 29.5. The van der Waals surface area contributed by atoms with E-state index in [1.54, 1.807) is 0 Å². The van der Waals surface area contributed by atoms with E-state index in [2.05, 4.69) is 47.5 Å². The van der Waals surface area contributed by atoms with Crippen LogP contribution in [0.3, 0.4) is 0 Å². The van der Waals surface area contributed by atoms with Crippen molar-refractivity contribution in [1.29, 1.82) is 0 Å². The molecule has 21 heavy (non-hydrogen) atoms. The first-order chi connectivity index (χ1) is 9.97. The molecule has 0 amide bonds. The molecule has 0 aromatic heterocycles. The van der Waals surface area contributed by atoms with Crippen LogP contribution in [0.2, 0.25) is 0 Å². The lowest BCUT2D eigenvalue weighted by Gasteiger charge is -2.35. The van der Waals surface area contributed by atoms with Gasteiger partial charge in [-0.2, -0.15) is 0 Å². The molecule has 0 bridgehead atoms. The molecule has 2 N–H and O–H groups in total. The molecule has 3 rings (SSSR count).